The number of likely N-dealkylation sites (tertiary alicyclic amines) is 1. The first-order valence-corrected chi connectivity index (χ1v) is 7.51. The molecular formula is C15H20BrNO. The van der Waals surface area contributed by atoms with Crippen LogP contribution >= 0.6 is 15.9 Å². The monoisotopic (exact) mass is 309 g/mol. The van der Waals surface area contributed by atoms with E-state index in [2.05, 4.69) is 20.8 Å². The second-order valence-corrected chi connectivity index (χ2v) is 5.91. The van der Waals surface area contributed by atoms with E-state index in [1.165, 1.54) is 25.7 Å². The zero-order valence-electron chi connectivity index (χ0n) is 10.9. The smallest absolute Gasteiger partial charge is 0.179 e. The van der Waals surface area contributed by atoms with Gasteiger partial charge in [0, 0.05) is 10.0 Å². The van der Waals surface area contributed by atoms with Gasteiger partial charge < -0.3 is 0 Å². The summed E-state index contributed by atoms with van der Waals surface area (Å²) in [6, 6.07) is 7.68. The fourth-order valence-electron chi connectivity index (χ4n) is 2.50. The molecule has 98 valence electrons. The average molecular weight is 310 g/mol. The van der Waals surface area contributed by atoms with Crippen molar-refractivity contribution in [2.45, 2.75) is 38.6 Å². The fourth-order valence-corrected chi connectivity index (χ4v) is 2.77. The molecule has 0 N–H and O–H groups in total. The molecule has 0 spiro atoms. The van der Waals surface area contributed by atoms with E-state index < -0.39 is 0 Å². The molecule has 1 atom stereocenters. The Labute approximate surface area is 117 Å². The van der Waals surface area contributed by atoms with Crippen LogP contribution in [0.1, 0.15) is 43.0 Å². The van der Waals surface area contributed by atoms with E-state index in [-0.39, 0.29) is 11.8 Å². The Bertz CT molecular complexity index is 393. The van der Waals surface area contributed by atoms with Gasteiger partial charge in [0.25, 0.3) is 0 Å². The van der Waals surface area contributed by atoms with Crippen LogP contribution in [0.4, 0.5) is 0 Å². The highest BCUT2D eigenvalue weighted by atomic mass is 79.9. The number of carbonyl (C=O) groups excluding carboxylic acids is 1. The summed E-state index contributed by atoms with van der Waals surface area (Å²) in [6.45, 7) is 4.16. The molecule has 0 amide bonds. The molecule has 1 saturated heterocycles. The molecule has 1 aromatic carbocycles. The first kappa shape index (κ1) is 13.8. The molecule has 2 nitrogen and oxygen atoms in total. The van der Waals surface area contributed by atoms with Crippen LogP contribution in [0.15, 0.2) is 28.7 Å². The number of carbonyl (C=O) groups is 1. The number of hydrogen-bond donors (Lipinski definition) is 0. The number of Topliss-reactive ketones (excluding diaryl/α,β-unsaturated/α-hetero) is 1. The predicted octanol–water partition coefficient (Wildman–Crippen LogP) is 3.90. The lowest BCUT2D eigenvalue weighted by atomic mass is 10.0. The summed E-state index contributed by atoms with van der Waals surface area (Å²) in [6.07, 6.45) is 5.04. The number of nitrogens with zero attached hydrogens (tertiary/aromatic N) is 1. The van der Waals surface area contributed by atoms with Gasteiger partial charge in [0.2, 0.25) is 0 Å². The zero-order valence-corrected chi connectivity index (χ0v) is 12.4. The number of benzene rings is 1. The molecule has 3 heteroatoms. The Balaban J connectivity index is 2.05. The van der Waals surface area contributed by atoms with Crippen molar-refractivity contribution in [2.24, 2.45) is 0 Å². The Kier molecular flexibility index (Phi) is 4.95. The summed E-state index contributed by atoms with van der Waals surface area (Å²) in [5, 5.41) is 0. The van der Waals surface area contributed by atoms with Crippen LogP contribution in [0, 0.1) is 0 Å². The Morgan fingerprint density at radius 1 is 1.11 bits per heavy atom. The topological polar surface area (TPSA) is 20.3 Å². The molecule has 18 heavy (non-hydrogen) atoms. The lowest BCUT2D eigenvalue weighted by molar-refractivity contribution is 0.0843. The van der Waals surface area contributed by atoms with Crippen molar-refractivity contribution in [1.29, 1.82) is 0 Å². The molecule has 2 rings (SSSR count). The molecule has 1 unspecified atom stereocenters. The van der Waals surface area contributed by atoms with Crippen molar-refractivity contribution >= 4 is 21.7 Å². The minimum absolute atomic E-state index is 0.00396. The van der Waals surface area contributed by atoms with E-state index in [1.54, 1.807) is 0 Å². The van der Waals surface area contributed by atoms with Crippen LogP contribution in [0.2, 0.25) is 0 Å². The fraction of sp³-hybridized carbons (Fsp3) is 0.533. The molecule has 1 aliphatic rings. The molecule has 0 aliphatic carbocycles. The molecule has 1 aromatic rings. The summed E-state index contributed by atoms with van der Waals surface area (Å²) in [5.41, 5.74) is 0.815. The van der Waals surface area contributed by atoms with Crippen LogP contribution < -0.4 is 0 Å². The van der Waals surface area contributed by atoms with Crippen molar-refractivity contribution < 1.29 is 4.79 Å². The molecular weight excluding hydrogens is 290 g/mol. The molecule has 1 fully saturated rings. The molecule has 0 radical (unpaired) electrons. The molecule has 0 saturated carbocycles. The highest BCUT2D eigenvalue weighted by Gasteiger charge is 2.22. The van der Waals surface area contributed by atoms with Gasteiger partial charge in [-0.1, -0.05) is 40.9 Å². The average Bonchev–Trinajstić information content (AvgIpc) is 2.67. The summed E-state index contributed by atoms with van der Waals surface area (Å²) >= 11 is 3.40. The van der Waals surface area contributed by atoms with Gasteiger partial charge in [0.05, 0.1) is 6.04 Å². The highest BCUT2D eigenvalue weighted by Crippen LogP contribution is 2.17. The quantitative estimate of drug-likeness (QED) is 0.789. The number of rotatable bonds is 3. The SMILES string of the molecule is CC(C(=O)c1ccc(Br)cc1)N1CCCCCC1. The van der Waals surface area contributed by atoms with Crippen molar-refractivity contribution in [3.05, 3.63) is 34.3 Å². The van der Waals surface area contributed by atoms with Gasteiger partial charge >= 0.3 is 0 Å². The summed E-state index contributed by atoms with van der Waals surface area (Å²) < 4.78 is 1.02. The second-order valence-electron chi connectivity index (χ2n) is 5.00. The van der Waals surface area contributed by atoms with Gasteiger partial charge in [0.1, 0.15) is 0 Å². The maximum absolute atomic E-state index is 12.4. The number of hydrogen-bond acceptors (Lipinski definition) is 2. The van der Waals surface area contributed by atoms with Crippen LogP contribution in [-0.2, 0) is 0 Å². The van der Waals surface area contributed by atoms with Gasteiger partial charge in [0.15, 0.2) is 5.78 Å². The summed E-state index contributed by atoms with van der Waals surface area (Å²) in [5.74, 6) is 0.240. The molecule has 1 heterocycles. The Hall–Kier alpha value is -0.670. The maximum atomic E-state index is 12.4. The maximum Gasteiger partial charge on any atom is 0.179 e. The van der Waals surface area contributed by atoms with E-state index in [1.807, 2.05) is 31.2 Å². The summed E-state index contributed by atoms with van der Waals surface area (Å²) in [4.78, 5) is 14.7. The van der Waals surface area contributed by atoms with E-state index in [0.717, 1.165) is 23.1 Å². The van der Waals surface area contributed by atoms with Crippen LogP contribution in [0.3, 0.4) is 0 Å². The van der Waals surface area contributed by atoms with E-state index in [0.29, 0.717) is 0 Å². The zero-order chi connectivity index (χ0) is 13.0. The standard InChI is InChI=1S/C15H20BrNO/c1-12(17-10-4-2-3-5-11-17)15(18)13-6-8-14(16)9-7-13/h6-9,12H,2-5,10-11H2,1H3. The molecule has 0 bridgehead atoms. The van der Waals surface area contributed by atoms with Gasteiger partial charge in [-0.2, -0.15) is 0 Å². The van der Waals surface area contributed by atoms with Gasteiger partial charge in [-0.05, 0) is 45.0 Å². The molecule has 1 aliphatic heterocycles. The largest absolute Gasteiger partial charge is 0.294 e. The van der Waals surface area contributed by atoms with E-state index >= 15 is 0 Å². The number of ketones is 1. The third-order valence-electron chi connectivity index (χ3n) is 3.70. The predicted molar refractivity (Wildman–Crippen MR) is 78.0 cm³/mol. The van der Waals surface area contributed by atoms with Gasteiger partial charge in [-0.15, -0.1) is 0 Å². The van der Waals surface area contributed by atoms with Crippen molar-refractivity contribution in [3.8, 4) is 0 Å². The third-order valence-corrected chi connectivity index (χ3v) is 4.23. The minimum atomic E-state index is 0.00396. The Morgan fingerprint density at radius 3 is 2.22 bits per heavy atom. The van der Waals surface area contributed by atoms with Crippen molar-refractivity contribution in [2.75, 3.05) is 13.1 Å². The minimum Gasteiger partial charge on any atom is -0.294 e. The van der Waals surface area contributed by atoms with Gasteiger partial charge in [-0.3, -0.25) is 9.69 Å². The highest BCUT2D eigenvalue weighted by molar-refractivity contribution is 9.10. The van der Waals surface area contributed by atoms with Crippen LogP contribution in [0.5, 0.6) is 0 Å². The molecule has 0 aromatic heterocycles. The van der Waals surface area contributed by atoms with E-state index in [9.17, 15) is 4.79 Å². The van der Waals surface area contributed by atoms with Crippen LogP contribution in [0.25, 0.3) is 0 Å². The van der Waals surface area contributed by atoms with Crippen molar-refractivity contribution in [3.63, 3.8) is 0 Å². The Morgan fingerprint density at radius 2 is 1.67 bits per heavy atom. The summed E-state index contributed by atoms with van der Waals surface area (Å²) in [7, 11) is 0. The van der Waals surface area contributed by atoms with Gasteiger partial charge in [-0.25, -0.2) is 0 Å². The lowest BCUT2D eigenvalue weighted by Gasteiger charge is -2.26. The normalized spacial score (nSPS) is 19.2. The first-order chi connectivity index (χ1) is 8.68. The van der Waals surface area contributed by atoms with E-state index in [4.69, 9.17) is 0 Å². The lowest BCUT2D eigenvalue weighted by Crippen LogP contribution is -2.39. The third kappa shape index (κ3) is 3.42. The first-order valence-electron chi connectivity index (χ1n) is 6.72. The number of halogens is 1. The van der Waals surface area contributed by atoms with Crippen molar-refractivity contribution in [1.82, 2.24) is 4.90 Å². The van der Waals surface area contributed by atoms with Crippen LogP contribution in [-0.4, -0.2) is 29.8 Å². The second kappa shape index (κ2) is 6.48.